The van der Waals surface area contributed by atoms with Crippen LogP contribution in [0.4, 0.5) is 0 Å². The highest BCUT2D eigenvalue weighted by molar-refractivity contribution is 5.83. The van der Waals surface area contributed by atoms with Gasteiger partial charge in [0.2, 0.25) is 0 Å². The zero-order chi connectivity index (χ0) is 9.54. The fourth-order valence-corrected chi connectivity index (χ4v) is 2.04. The van der Waals surface area contributed by atoms with E-state index in [1.165, 1.54) is 16.3 Å². The summed E-state index contributed by atoms with van der Waals surface area (Å²) in [5.41, 5.74) is 7.24. The van der Waals surface area contributed by atoms with E-state index in [2.05, 4.69) is 42.5 Å². The molecule has 0 amide bonds. The van der Waals surface area contributed by atoms with Crippen LogP contribution < -0.4 is 5.73 Å². The first-order valence-corrected chi connectivity index (χ1v) is 5.09. The highest BCUT2D eigenvalue weighted by atomic mass is 14.7. The van der Waals surface area contributed by atoms with Crippen LogP contribution in [0.25, 0.3) is 10.8 Å². The third-order valence-corrected chi connectivity index (χ3v) is 3.04. The number of rotatable bonds is 1. The van der Waals surface area contributed by atoms with Crippen LogP contribution in [0.3, 0.4) is 0 Å². The minimum Gasteiger partial charge on any atom is -0.327 e. The predicted octanol–water partition coefficient (Wildman–Crippen LogP) is 2.65. The second-order valence-corrected chi connectivity index (χ2v) is 4.11. The monoisotopic (exact) mass is 183 g/mol. The molecule has 2 atom stereocenters. The van der Waals surface area contributed by atoms with Crippen molar-refractivity contribution >= 4 is 10.8 Å². The Bertz CT molecular complexity index is 475. The van der Waals surface area contributed by atoms with E-state index in [1.807, 2.05) is 0 Å². The van der Waals surface area contributed by atoms with Crippen molar-refractivity contribution < 1.29 is 0 Å². The average molecular weight is 183 g/mol. The van der Waals surface area contributed by atoms with Gasteiger partial charge in [-0.3, -0.25) is 0 Å². The third-order valence-electron chi connectivity index (χ3n) is 3.04. The predicted molar refractivity (Wildman–Crippen MR) is 59.3 cm³/mol. The smallest absolute Gasteiger partial charge is 0.0115 e. The van der Waals surface area contributed by atoms with Gasteiger partial charge in [-0.1, -0.05) is 42.5 Å². The minimum absolute atomic E-state index is 0.399. The molecule has 1 aliphatic carbocycles. The molecule has 2 aromatic rings. The van der Waals surface area contributed by atoms with Crippen molar-refractivity contribution in [3.05, 3.63) is 48.0 Å². The van der Waals surface area contributed by atoms with Gasteiger partial charge < -0.3 is 5.73 Å². The van der Waals surface area contributed by atoms with Gasteiger partial charge in [-0.15, -0.1) is 0 Å². The first-order chi connectivity index (χ1) is 6.84. The molecule has 1 fully saturated rings. The molecule has 0 spiro atoms. The maximum absolute atomic E-state index is 5.84. The van der Waals surface area contributed by atoms with Crippen molar-refractivity contribution in [3.63, 3.8) is 0 Å². The quantitative estimate of drug-likeness (QED) is 0.722. The van der Waals surface area contributed by atoms with Crippen molar-refractivity contribution in [1.29, 1.82) is 0 Å². The van der Waals surface area contributed by atoms with E-state index in [0.29, 0.717) is 12.0 Å². The third kappa shape index (κ3) is 1.21. The van der Waals surface area contributed by atoms with Crippen LogP contribution in [0.1, 0.15) is 17.9 Å². The number of hydrogen-bond donors (Lipinski definition) is 1. The normalized spacial score (nSPS) is 25.2. The molecule has 0 heterocycles. The van der Waals surface area contributed by atoms with E-state index >= 15 is 0 Å². The second kappa shape index (κ2) is 2.82. The molecule has 1 heteroatoms. The highest BCUT2D eigenvalue weighted by Crippen LogP contribution is 2.39. The molecule has 0 radical (unpaired) electrons. The fraction of sp³-hybridized carbons (Fsp3) is 0.231. The van der Waals surface area contributed by atoms with Crippen LogP contribution >= 0.6 is 0 Å². The number of fused-ring (bicyclic) bond motifs is 1. The summed E-state index contributed by atoms with van der Waals surface area (Å²) in [7, 11) is 0. The van der Waals surface area contributed by atoms with Crippen molar-refractivity contribution in [2.24, 2.45) is 5.73 Å². The molecule has 1 nitrogen and oxygen atoms in total. The van der Waals surface area contributed by atoms with Crippen LogP contribution in [-0.4, -0.2) is 6.04 Å². The summed E-state index contributed by atoms with van der Waals surface area (Å²) in [4.78, 5) is 0. The largest absolute Gasteiger partial charge is 0.327 e. The van der Waals surface area contributed by atoms with Gasteiger partial charge >= 0.3 is 0 Å². The minimum atomic E-state index is 0.399. The number of benzene rings is 2. The molecule has 0 aromatic heterocycles. The Labute approximate surface area is 83.5 Å². The van der Waals surface area contributed by atoms with Gasteiger partial charge in [-0.25, -0.2) is 0 Å². The van der Waals surface area contributed by atoms with Gasteiger partial charge in [-0.05, 0) is 22.8 Å². The van der Waals surface area contributed by atoms with Gasteiger partial charge in [-0.2, -0.15) is 0 Å². The molecule has 2 aromatic carbocycles. The second-order valence-electron chi connectivity index (χ2n) is 4.11. The van der Waals surface area contributed by atoms with Gasteiger partial charge in [0, 0.05) is 12.0 Å². The molecule has 14 heavy (non-hydrogen) atoms. The lowest BCUT2D eigenvalue weighted by atomic mass is 10.0. The Balaban J connectivity index is 2.11. The molecule has 0 saturated heterocycles. The SMILES string of the molecule is N[C@H]1C[C@@H]1c1ccc2ccccc2c1. The first-order valence-electron chi connectivity index (χ1n) is 5.09. The molecule has 70 valence electrons. The maximum Gasteiger partial charge on any atom is 0.0115 e. The lowest BCUT2D eigenvalue weighted by molar-refractivity contribution is 0.992. The summed E-state index contributed by atoms with van der Waals surface area (Å²) < 4.78 is 0. The Morgan fingerprint density at radius 2 is 1.71 bits per heavy atom. The lowest BCUT2D eigenvalue weighted by Crippen LogP contribution is -2.00. The fourth-order valence-electron chi connectivity index (χ4n) is 2.04. The van der Waals surface area contributed by atoms with Gasteiger partial charge in [0.1, 0.15) is 0 Å². The van der Waals surface area contributed by atoms with Crippen LogP contribution in [0.15, 0.2) is 42.5 Å². The van der Waals surface area contributed by atoms with E-state index < -0.39 is 0 Å². The summed E-state index contributed by atoms with van der Waals surface area (Å²) in [5, 5.41) is 2.63. The van der Waals surface area contributed by atoms with Gasteiger partial charge in [0.05, 0.1) is 0 Å². The molecular weight excluding hydrogens is 170 g/mol. The van der Waals surface area contributed by atoms with Crippen LogP contribution in [-0.2, 0) is 0 Å². The number of hydrogen-bond acceptors (Lipinski definition) is 1. The topological polar surface area (TPSA) is 26.0 Å². The Morgan fingerprint density at radius 1 is 1.00 bits per heavy atom. The van der Waals surface area contributed by atoms with Crippen LogP contribution in [0.5, 0.6) is 0 Å². The zero-order valence-electron chi connectivity index (χ0n) is 7.98. The summed E-state index contributed by atoms with van der Waals surface area (Å²) in [6.07, 6.45) is 1.15. The van der Waals surface area contributed by atoms with E-state index in [9.17, 15) is 0 Å². The zero-order valence-corrected chi connectivity index (χ0v) is 7.98. The average Bonchev–Trinajstić information content (AvgIpc) is 2.95. The van der Waals surface area contributed by atoms with E-state index in [1.54, 1.807) is 0 Å². The highest BCUT2D eigenvalue weighted by Gasteiger charge is 2.34. The Morgan fingerprint density at radius 3 is 2.43 bits per heavy atom. The molecule has 0 bridgehead atoms. The Hall–Kier alpha value is -1.34. The molecule has 1 saturated carbocycles. The molecule has 2 N–H and O–H groups in total. The number of nitrogens with two attached hydrogens (primary N) is 1. The van der Waals surface area contributed by atoms with E-state index in [0.717, 1.165) is 6.42 Å². The van der Waals surface area contributed by atoms with Crippen LogP contribution in [0.2, 0.25) is 0 Å². The summed E-state index contributed by atoms with van der Waals surface area (Å²) in [6, 6.07) is 15.5. The summed E-state index contributed by atoms with van der Waals surface area (Å²) in [5.74, 6) is 0.611. The van der Waals surface area contributed by atoms with Crippen molar-refractivity contribution in [1.82, 2.24) is 0 Å². The van der Waals surface area contributed by atoms with E-state index in [4.69, 9.17) is 5.73 Å². The van der Waals surface area contributed by atoms with Crippen LogP contribution in [0, 0.1) is 0 Å². The lowest BCUT2D eigenvalue weighted by Gasteiger charge is -2.01. The summed E-state index contributed by atoms with van der Waals surface area (Å²) >= 11 is 0. The molecule has 1 aliphatic rings. The molecule has 3 rings (SSSR count). The van der Waals surface area contributed by atoms with Crippen molar-refractivity contribution in [3.8, 4) is 0 Å². The van der Waals surface area contributed by atoms with Crippen molar-refractivity contribution in [2.45, 2.75) is 18.4 Å². The summed E-state index contributed by atoms with van der Waals surface area (Å²) in [6.45, 7) is 0. The maximum atomic E-state index is 5.84. The van der Waals surface area contributed by atoms with Gasteiger partial charge in [0.25, 0.3) is 0 Å². The first kappa shape index (κ1) is 8.01. The standard InChI is InChI=1S/C13H13N/c14-13-8-12(13)11-6-5-9-3-1-2-4-10(9)7-11/h1-7,12-13H,8,14H2/t12-,13+/m1/s1. The molecule has 0 unspecified atom stereocenters. The van der Waals surface area contributed by atoms with Gasteiger partial charge in [0.15, 0.2) is 0 Å². The Kier molecular flexibility index (Phi) is 1.62. The van der Waals surface area contributed by atoms with E-state index in [-0.39, 0.29) is 0 Å². The molecule has 0 aliphatic heterocycles. The molecular formula is C13H13N. The van der Waals surface area contributed by atoms with Crippen molar-refractivity contribution in [2.75, 3.05) is 0 Å².